The van der Waals surface area contributed by atoms with Gasteiger partial charge in [-0.15, -0.1) is 0 Å². The maximum Gasteiger partial charge on any atom is 0.134 e. The fourth-order valence-electron chi connectivity index (χ4n) is 1.93. The number of rotatable bonds is 3. The van der Waals surface area contributed by atoms with E-state index in [1.807, 2.05) is 23.6 Å². The van der Waals surface area contributed by atoms with E-state index >= 15 is 0 Å². The van der Waals surface area contributed by atoms with Crippen molar-refractivity contribution in [2.45, 2.75) is 13.5 Å². The lowest BCUT2D eigenvalue weighted by atomic mass is 10.1. The predicted octanol–water partition coefficient (Wildman–Crippen LogP) is 3.25. The van der Waals surface area contributed by atoms with E-state index in [9.17, 15) is 4.39 Å². The summed E-state index contributed by atoms with van der Waals surface area (Å²) in [4.78, 5) is 0. The zero-order valence-electron chi connectivity index (χ0n) is 9.45. The quantitative estimate of drug-likeness (QED) is 0.893. The standard InChI is InChI=1S/C13H13ClFNO/c1-9-5-6-12(16(9)7-8-17)13-10(14)3-2-4-11(13)15/h2-6,17H,7-8H2,1H3. The van der Waals surface area contributed by atoms with Crippen LogP contribution in [0.25, 0.3) is 11.3 Å². The molecule has 90 valence electrons. The van der Waals surface area contributed by atoms with E-state index < -0.39 is 0 Å². The van der Waals surface area contributed by atoms with E-state index in [0.29, 0.717) is 22.8 Å². The highest BCUT2D eigenvalue weighted by Gasteiger charge is 2.14. The molecule has 2 aromatic rings. The van der Waals surface area contributed by atoms with E-state index in [1.165, 1.54) is 6.07 Å². The maximum atomic E-state index is 13.8. The van der Waals surface area contributed by atoms with Gasteiger partial charge in [-0.2, -0.15) is 0 Å². The molecule has 0 bridgehead atoms. The molecular formula is C13H13ClFNO. The minimum Gasteiger partial charge on any atom is -0.395 e. The van der Waals surface area contributed by atoms with Crippen LogP contribution in [-0.4, -0.2) is 16.3 Å². The van der Waals surface area contributed by atoms with Gasteiger partial charge in [0.25, 0.3) is 0 Å². The van der Waals surface area contributed by atoms with E-state index in [-0.39, 0.29) is 12.4 Å². The number of halogens is 2. The molecule has 0 unspecified atom stereocenters. The number of benzene rings is 1. The summed E-state index contributed by atoms with van der Waals surface area (Å²) in [5.74, 6) is -0.352. The fourth-order valence-corrected chi connectivity index (χ4v) is 2.19. The van der Waals surface area contributed by atoms with Crippen LogP contribution in [0.5, 0.6) is 0 Å². The average molecular weight is 254 g/mol. The lowest BCUT2D eigenvalue weighted by Gasteiger charge is -2.12. The number of aliphatic hydroxyl groups is 1. The van der Waals surface area contributed by atoms with Gasteiger partial charge in [-0.1, -0.05) is 17.7 Å². The van der Waals surface area contributed by atoms with Crippen molar-refractivity contribution in [1.82, 2.24) is 4.57 Å². The minimum absolute atomic E-state index is 0.00852. The Morgan fingerprint density at radius 2 is 2.06 bits per heavy atom. The Hall–Kier alpha value is -1.32. The van der Waals surface area contributed by atoms with Crippen LogP contribution in [0, 0.1) is 12.7 Å². The van der Waals surface area contributed by atoms with Crippen LogP contribution in [0.3, 0.4) is 0 Å². The number of aromatic nitrogens is 1. The highest BCUT2D eigenvalue weighted by molar-refractivity contribution is 6.33. The normalized spacial score (nSPS) is 10.8. The molecule has 0 saturated heterocycles. The van der Waals surface area contributed by atoms with E-state index in [2.05, 4.69) is 0 Å². The Morgan fingerprint density at radius 3 is 2.71 bits per heavy atom. The summed E-state index contributed by atoms with van der Waals surface area (Å²) in [7, 11) is 0. The molecular weight excluding hydrogens is 241 g/mol. The Morgan fingerprint density at radius 1 is 1.29 bits per heavy atom. The third-order valence-electron chi connectivity index (χ3n) is 2.74. The lowest BCUT2D eigenvalue weighted by Crippen LogP contribution is -2.06. The van der Waals surface area contributed by atoms with Gasteiger partial charge in [0.05, 0.1) is 22.9 Å². The van der Waals surface area contributed by atoms with Crippen molar-refractivity contribution in [2.75, 3.05) is 6.61 Å². The minimum atomic E-state index is -0.352. The second-order valence-corrected chi connectivity index (χ2v) is 4.24. The van der Waals surface area contributed by atoms with Gasteiger partial charge in [-0.3, -0.25) is 0 Å². The molecule has 1 aromatic heterocycles. The first-order chi connectivity index (χ1) is 8.15. The summed E-state index contributed by atoms with van der Waals surface area (Å²) < 4.78 is 15.7. The number of nitrogens with zero attached hydrogens (tertiary/aromatic N) is 1. The Labute approximate surface area is 104 Å². The van der Waals surface area contributed by atoms with Gasteiger partial charge in [-0.05, 0) is 31.2 Å². The molecule has 1 heterocycles. The summed E-state index contributed by atoms with van der Waals surface area (Å²) in [6.45, 7) is 2.35. The first-order valence-corrected chi connectivity index (χ1v) is 5.74. The van der Waals surface area contributed by atoms with Crippen LogP contribution < -0.4 is 0 Å². The zero-order chi connectivity index (χ0) is 12.4. The van der Waals surface area contributed by atoms with Crippen molar-refractivity contribution in [1.29, 1.82) is 0 Å². The number of aliphatic hydroxyl groups excluding tert-OH is 1. The van der Waals surface area contributed by atoms with Crippen molar-refractivity contribution in [3.05, 3.63) is 46.9 Å². The van der Waals surface area contributed by atoms with Gasteiger partial charge < -0.3 is 9.67 Å². The molecule has 0 aliphatic rings. The van der Waals surface area contributed by atoms with Gasteiger partial charge in [0.1, 0.15) is 5.82 Å². The van der Waals surface area contributed by atoms with E-state index in [0.717, 1.165) is 5.69 Å². The van der Waals surface area contributed by atoms with Gasteiger partial charge >= 0.3 is 0 Å². The fraction of sp³-hybridized carbons (Fsp3) is 0.231. The Balaban J connectivity index is 2.60. The molecule has 1 aromatic carbocycles. The average Bonchev–Trinajstić information content (AvgIpc) is 2.62. The van der Waals surface area contributed by atoms with Crippen LogP contribution in [0.1, 0.15) is 5.69 Å². The molecule has 0 atom stereocenters. The van der Waals surface area contributed by atoms with Crippen molar-refractivity contribution >= 4 is 11.6 Å². The Kier molecular flexibility index (Phi) is 3.50. The second-order valence-electron chi connectivity index (χ2n) is 3.83. The van der Waals surface area contributed by atoms with Crippen LogP contribution >= 0.6 is 11.6 Å². The first kappa shape index (κ1) is 12.1. The summed E-state index contributed by atoms with van der Waals surface area (Å²) >= 11 is 6.03. The summed E-state index contributed by atoms with van der Waals surface area (Å²) in [5.41, 5.74) is 2.05. The third-order valence-corrected chi connectivity index (χ3v) is 3.06. The van der Waals surface area contributed by atoms with Crippen LogP contribution in [0.15, 0.2) is 30.3 Å². The number of hydrogen-bond donors (Lipinski definition) is 1. The van der Waals surface area contributed by atoms with Gasteiger partial charge in [0, 0.05) is 12.2 Å². The van der Waals surface area contributed by atoms with Gasteiger partial charge in [0.15, 0.2) is 0 Å². The molecule has 0 aliphatic heterocycles. The van der Waals surface area contributed by atoms with Crippen LogP contribution in [0.4, 0.5) is 4.39 Å². The topological polar surface area (TPSA) is 25.2 Å². The molecule has 0 amide bonds. The molecule has 0 radical (unpaired) electrons. The molecule has 0 aliphatic carbocycles. The largest absolute Gasteiger partial charge is 0.395 e. The smallest absolute Gasteiger partial charge is 0.134 e. The second kappa shape index (κ2) is 4.90. The molecule has 0 fully saturated rings. The molecule has 2 rings (SSSR count). The Bertz CT molecular complexity index is 516. The summed E-state index contributed by atoms with van der Waals surface area (Å²) in [6.07, 6.45) is 0. The third kappa shape index (κ3) is 2.21. The van der Waals surface area contributed by atoms with Crippen LogP contribution in [0.2, 0.25) is 5.02 Å². The molecule has 0 saturated carbocycles. The van der Waals surface area contributed by atoms with Crippen molar-refractivity contribution in [3.63, 3.8) is 0 Å². The monoisotopic (exact) mass is 253 g/mol. The maximum absolute atomic E-state index is 13.8. The SMILES string of the molecule is Cc1ccc(-c2c(F)cccc2Cl)n1CCO. The first-order valence-electron chi connectivity index (χ1n) is 5.36. The van der Waals surface area contributed by atoms with E-state index in [4.69, 9.17) is 16.7 Å². The summed E-state index contributed by atoms with van der Waals surface area (Å²) in [6, 6.07) is 8.31. The predicted molar refractivity (Wildman–Crippen MR) is 66.7 cm³/mol. The van der Waals surface area contributed by atoms with Crippen molar-refractivity contribution in [3.8, 4) is 11.3 Å². The van der Waals surface area contributed by atoms with Gasteiger partial charge in [0.2, 0.25) is 0 Å². The highest BCUT2D eigenvalue weighted by Crippen LogP contribution is 2.31. The zero-order valence-corrected chi connectivity index (χ0v) is 10.2. The highest BCUT2D eigenvalue weighted by atomic mass is 35.5. The molecule has 2 nitrogen and oxygen atoms in total. The molecule has 1 N–H and O–H groups in total. The van der Waals surface area contributed by atoms with Crippen LogP contribution in [-0.2, 0) is 6.54 Å². The molecule has 4 heteroatoms. The summed E-state index contributed by atoms with van der Waals surface area (Å²) in [5, 5.41) is 9.40. The van der Waals surface area contributed by atoms with Crippen molar-refractivity contribution < 1.29 is 9.50 Å². The lowest BCUT2D eigenvalue weighted by molar-refractivity contribution is 0.276. The molecule has 17 heavy (non-hydrogen) atoms. The van der Waals surface area contributed by atoms with E-state index in [1.54, 1.807) is 12.1 Å². The van der Waals surface area contributed by atoms with Gasteiger partial charge in [-0.25, -0.2) is 4.39 Å². The number of hydrogen-bond acceptors (Lipinski definition) is 1. The number of aryl methyl sites for hydroxylation is 1. The molecule has 0 spiro atoms. The van der Waals surface area contributed by atoms with Crippen molar-refractivity contribution in [2.24, 2.45) is 0 Å².